The van der Waals surface area contributed by atoms with Crippen LogP contribution in [0.3, 0.4) is 0 Å². The summed E-state index contributed by atoms with van der Waals surface area (Å²) < 4.78 is 5.35. The molecule has 7 aromatic carbocycles. The maximum Gasteiger partial charge on any atom is 0.0462 e. The molecule has 0 radical (unpaired) electrons. The molecule has 0 unspecified atom stereocenters. The third kappa shape index (κ3) is 4.43. The van der Waals surface area contributed by atoms with Crippen molar-refractivity contribution in [3.05, 3.63) is 164 Å². The minimum Gasteiger partial charge on any atom is -0.311 e. The highest BCUT2D eigenvalue weighted by Crippen LogP contribution is 2.43. The van der Waals surface area contributed by atoms with E-state index in [-0.39, 0.29) is 0 Å². The first kappa shape index (κ1) is 26.2. The van der Waals surface area contributed by atoms with Crippen LogP contribution in [0.15, 0.2) is 164 Å². The fraction of sp³-hybridized carbons (Fsp3) is 0. The van der Waals surface area contributed by atoms with Crippen LogP contribution in [0.2, 0.25) is 0 Å². The number of hydrogen-bond donors (Lipinski definition) is 0. The van der Waals surface area contributed by atoms with Crippen molar-refractivity contribution >= 4 is 80.1 Å². The minimum atomic E-state index is 1.13. The Morgan fingerprint density at radius 1 is 0.311 bits per heavy atom. The molecule has 0 bridgehead atoms. The van der Waals surface area contributed by atoms with Crippen LogP contribution < -0.4 is 4.90 Å². The summed E-state index contributed by atoms with van der Waals surface area (Å²) in [5, 5.41) is 5.32. The Bertz CT molecular complexity index is 2310. The molecule has 0 aliphatic rings. The molecule has 0 fully saturated rings. The van der Waals surface area contributed by atoms with Crippen LogP contribution in [0, 0.1) is 0 Å². The molecule has 9 rings (SSSR count). The monoisotopic (exact) mass is 609 g/mol. The summed E-state index contributed by atoms with van der Waals surface area (Å²) in [6.45, 7) is 0. The van der Waals surface area contributed by atoms with Gasteiger partial charge in [0, 0.05) is 57.4 Å². The van der Waals surface area contributed by atoms with Crippen molar-refractivity contribution in [2.75, 3.05) is 4.90 Å². The molecular formula is C42H27NS2. The van der Waals surface area contributed by atoms with Crippen molar-refractivity contribution in [3.63, 3.8) is 0 Å². The summed E-state index contributed by atoms with van der Waals surface area (Å²) in [6, 6.07) is 59.5. The van der Waals surface area contributed by atoms with Crippen LogP contribution in [0.4, 0.5) is 17.1 Å². The van der Waals surface area contributed by atoms with Gasteiger partial charge < -0.3 is 4.90 Å². The predicted molar refractivity (Wildman–Crippen MR) is 198 cm³/mol. The second kappa shape index (κ2) is 10.7. The molecule has 2 heterocycles. The van der Waals surface area contributed by atoms with Gasteiger partial charge in [-0.2, -0.15) is 0 Å². The van der Waals surface area contributed by atoms with Gasteiger partial charge in [0.1, 0.15) is 0 Å². The van der Waals surface area contributed by atoms with Gasteiger partial charge in [-0.3, -0.25) is 0 Å². The third-order valence-corrected chi connectivity index (χ3v) is 11.1. The molecule has 0 saturated carbocycles. The van der Waals surface area contributed by atoms with Crippen LogP contribution in [-0.2, 0) is 0 Å². The molecule has 0 atom stereocenters. The Morgan fingerprint density at radius 3 is 1.20 bits per heavy atom. The van der Waals surface area contributed by atoms with Gasteiger partial charge in [0.2, 0.25) is 0 Å². The summed E-state index contributed by atoms with van der Waals surface area (Å²) in [7, 11) is 0. The van der Waals surface area contributed by atoms with Crippen LogP contribution in [0.25, 0.3) is 62.6 Å². The average molecular weight is 610 g/mol. The average Bonchev–Trinajstić information content (AvgIpc) is 3.68. The lowest BCUT2D eigenvalue weighted by atomic mass is 10.0. The Balaban J connectivity index is 1.11. The van der Waals surface area contributed by atoms with E-state index >= 15 is 0 Å². The molecule has 0 N–H and O–H groups in total. The molecule has 9 aromatic rings. The zero-order chi connectivity index (χ0) is 29.7. The van der Waals surface area contributed by atoms with Crippen LogP contribution in [0.5, 0.6) is 0 Å². The molecule has 0 aliphatic heterocycles. The third-order valence-electron chi connectivity index (χ3n) is 8.70. The SMILES string of the molecule is c1ccc(N(c2ccc(-c3cccc4c3sc3ccccc34)cc2)c2ccc(-c3cccc4c3sc3ccccc34)cc2)cc1. The number of rotatable bonds is 5. The normalized spacial score (nSPS) is 11.6. The lowest BCUT2D eigenvalue weighted by Crippen LogP contribution is -2.09. The first-order valence-corrected chi connectivity index (χ1v) is 16.8. The van der Waals surface area contributed by atoms with Crippen LogP contribution in [0.1, 0.15) is 0 Å². The van der Waals surface area contributed by atoms with Gasteiger partial charge in [0.05, 0.1) is 0 Å². The van der Waals surface area contributed by atoms with Gasteiger partial charge in [-0.1, -0.05) is 115 Å². The maximum atomic E-state index is 2.34. The topological polar surface area (TPSA) is 3.24 Å². The van der Waals surface area contributed by atoms with Crippen molar-refractivity contribution in [1.82, 2.24) is 0 Å². The fourth-order valence-electron chi connectivity index (χ4n) is 6.55. The standard InChI is InChI=1S/C42H27NS2/c1-2-10-30(11-3-1)43(31-24-20-28(21-25-31)33-14-8-16-37-35-12-4-6-18-39(35)44-41(33)37)32-26-22-29(23-27-32)34-15-9-17-38-36-13-5-7-19-40(36)45-42(34)38/h1-27H. The Labute approximate surface area is 269 Å². The maximum absolute atomic E-state index is 2.34. The number of thiophene rings is 2. The smallest absolute Gasteiger partial charge is 0.0462 e. The number of para-hydroxylation sites is 1. The molecular weight excluding hydrogens is 583 g/mol. The summed E-state index contributed by atoms with van der Waals surface area (Å²) >= 11 is 3.76. The van der Waals surface area contributed by atoms with Gasteiger partial charge >= 0.3 is 0 Å². The van der Waals surface area contributed by atoms with Gasteiger partial charge in [-0.05, 0) is 70.8 Å². The van der Waals surface area contributed by atoms with Gasteiger partial charge in [-0.25, -0.2) is 0 Å². The highest BCUT2D eigenvalue weighted by molar-refractivity contribution is 7.26. The Hall–Kier alpha value is -5.22. The second-order valence-electron chi connectivity index (χ2n) is 11.3. The molecule has 2 aromatic heterocycles. The number of fused-ring (bicyclic) bond motifs is 6. The van der Waals surface area contributed by atoms with Crippen molar-refractivity contribution < 1.29 is 0 Å². The Kier molecular flexibility index (Phi) is 6.26. The van der Waals surface area contributed by atoms with Gasteiger partial charge in [-0.15, -0.1) is 22.7 Å². The lowest BCUT2D eigenvalue weighted by Gasteiger charge is -2.26. The zero-order valence-electron chi connectivity index (χ0n) is 24.4. The highest BCUT2D eigenvalue weighted by atomic mass is 32.1. The lowest BCUT2D eigenvalue weighted by molar-refractivity contribution is 1.28. The summed E-state index contributed by atoms with van der Waals surface area (Å²) in [5.41, 5.74) is 8.43. The summed E-state index contributed by atoms with van der Waals surface area (Å²) in [4.78, 5) is 2.34. The van der Waals surface area contributed by atoms with E-state index in [1.165, 1.54) is 62.6 Å². The highest BCUT2D eigenvalue weighted by Gasteiger charge is 2.16. The van der Waals surface area contributed by atoms with E-state index in [2.05, 4.69) is 169 Å². The van der Waals surface area contributed by atoms with Crippen molar-refractivity contribution in [1.29, 1.82) is 0 Å². The summed E-state index contributed by atoms with van der Waals surface area (Å²) in [6.07, 6.45) is 0. The van der Waals surface area contributed by atoms with E-state index < -0.39 is 0 Å². The van der Waals surface area contributed by atoms with Gasteiger partial charge in [0.25, 0.3) is 0 Å². The minimum absolute atomic E-state index is 1.13. The van der Waals surface area contributed by atoms with E-state index in [0.29, 0.717) is 0 Å². The van der Waals surface area contributed by atoms with E-state index in [4.69, 9.17) is 0 Å². The second-order valence-corrected chi connectivity index (χ2v) is 13.4. The number of nitrogens with zero attached hydrogens (tertiary/aromatic N) is 1. The van der Waals surface area contributed by atoms with E-state index in [9.17, 15) is 0 Å². The number of hydrogen-bond acceptors (Lipinski definition) is 3. The van der Waals surface area contributed by atoms with E-state index in [1.807, 2.05) is 22.7 Å². The molecule has 212 valence electrons. The summed E-state index contributed by atoms with van der Waals surface area (Å²) in [5.74, 6) is 0. The van der Waals surface area contributed by atoms with Crippen LogP contribution in [-0.4, -0.2) is 0 Å². The van der Waals surface area contributed by atoms with Crippen LogP contribution >= 0.6 is 22.7 Å². The fourth-order valence-corrected chi connectivity index (χ4v) is 9.03. The first-order chi connectivity index (χ1) is 22.3. The molecule has 1 nitrogen and oxygen atoms in total. The van der Waals surface area contributed by atoms with Crippen molar-refractivity contribution in [2.45, 2.75) is 0 Å². The quantitative estimate of drug-likeness (QED) is 0.188. The predicted octanol–water partition coefficient (Wildman–Crippen LogP) is 13.2. The molecule has 3 heteroatoms. The first-order valence-electron chi connectivity index (χ1n) is 15.2. The van der Waals surface area contributed by atoms with Crippen molar-refractivity contribution in [2.24, 2.45) is 0 Å². The molecule has 0 spiro atoms. The molecule has 0 saturated heterocycles. The number of benzene rings is 7. The van der Waals surface area contributed by atoms with Gasteiger partial charge in [0.15, 0.2) is 0 Å². The van der Waals surface area contributed by atoms with Crippen molar-refractivity contribution in [3.8, 4) is 22.3 Å². The van der Waals surface area contributed by atoms with E-state index in [0.717, 1.165) is 17.1 Å². The number of anilines is 3. The Morgan fingerprint density at radius 2 is 0.711 bits per heavy atom. The largest absolute Gasteiger partial charge is 0.311 e. The zero-order valence-corrected chi connectivity index (χ0v) is 26.0. The molecule has 0 aliphatic carbocycles. The molecule has 0 amide bonds. The molecule has 45 heavy (non-hydrogen) atoms. The van der Waals surface area contributed by atoms with E-state index in [1.54, 1.807) is 0 Å².